The summed E-state index contributed by atoms with van der Waals surface area (Å²) in [5, 5.41) is 17.1. The van der Waals surface area contributed by atoms with Gasteiger partial charge in [-0.05, 0) is 34.5 Å². The van der Waals surface area contributed by atoms with Crippen molar-refractivity contribution in [1.29, 1.82) is 0 Å². The van der Waals surface area contributed by atoms with Crippen LogP contribution in [0, 0.1) is 0 Å². The van der Waals surface area contributed by atoms with Crippen molar-refractivity contribution in [3.05, 3.63) is 108 Å². The first-order chi connectivity index (χ1) is 17.7. The first-order valence-electron chi connectivity index (χ1n) is 11.6. The van der Waals surface area contributed by atoms with Gasteiger partial charge >= 0.3 is 0 Å². The molecule has 4 aromatic carbocycles. The fourth-order valence-corrected chi connectivity index (χ4v) is 4.98. The number of ether oxygens (including phenoxy) is 2. The summed E-state index contributed by atoms with van der Waals surface area (Å²) in [6.07, 6.45) is 1.62. The van der Waals surface area contributed by atoms with Gasteiger partial charge in [0.15, 0.2) is 11.5 Å². The van der Waals surface area contributed by atoms with Crippen LogP contribution in [0.3, 0.4) is 0 Å². The number of rotatable bonds is 3. The van der Waals surface area contributed by atoms with E-state index in [1.165, 1.54) is 0 Å². The lowest BCUT2D eigenvalue weighted by Gasteiger charge is -2.28. The smallest absolute Gasteiger partial charge is 0.228 e. The molecular weight excluding hydrogens is 452 g/mol. The molecule has 7 rings (SSSR count). The monoisotopic (exact) mass is 472 g/mol. The summed E-state index contributed by atoms with van der Waals surface area (Å²) in [7, 11) is 1.65. The molecule has 0 saturated heterocycles. The van der Waals surface area contributed by atoms with E-state index in [-0.39, 0.29) is 11.7 Å². The van der Waals surface area contributed by atoms with Gasteiger partial charge in [-0.1, -0.05) is 60.7 Å². The first-order valence-corrected chi connectivity index (χ1v) is 11.6. The van der Waals surface area contributed by atoms with Crippen LogP contribution in [0.4, 0.5) is 0 Å². The Hall–Kier alpha value is -4.91. The fraction of sp³-hybridized carbons (Fsp3) is 0.0690. The standard InChI is InChI=1S/C29H20N4O3/c1-35-20-12-9-18(10-13-20)25-23-14-11-19(34)15-24(23)36-29-26(25)28-31-27(32-33(28)16-30-29)22-8-4-6-17-5-2-3-7-21(17)22/h2-16,25,34H,1H3/t25-/m1/s1. The molecule has 3 heterocycles. The van der Waals surface area contributed by atoms with Gasteiger partial charge in [-0.2, -0.15) is 0 Å². The first kappa shape index (κ1) is 20.5. The molecule has 174 valence electrons. The lowest BCUT2D eigenvalue weighted by Crippen LogP contribution is -2.15. The largest absolute Gasteiger partial charge is 0.508 e. The third-order valence-corrected chi connectivity index (χ3v) is 6.67. The molecule has 7 heteroatoms. The van der Waals surface area contributed by atoms with Crippen LogP contribution in [-0.4, -0.2) is 31.8 Å². The highest BCUT2D eigenvalue weighted by Crippen LogP contribution is 2.49. The molecule has 0 amide bonds. The molecular formula is C29H20N4O3. The molecule has 0 bridgehead atoms. The quantitative estimate of drug-likeness (QED) is 0.343. The fourth-order valence-electron chi connectivity index (χ4n) is 4.98. The van der Waals surface area contributed by atoms with Crippen molar-refractivity contribution in [2.24, 2.45) is 0 Å². The van der Waals surface area contributed by atoms with Gasteiger partial charge in [0.05, 0.1) is 12.7 Å². The summed E-state index contributed by atoms with van der Waals surface area (Å²) in [5.74, 6) is 2.30. The van der Waals surface area contributed by atoms with Gasteiger partial charge < -0.3 is 14.6 Å². The zero-order chi connectivity index (χ0) is 24.2. The Morgan fingerprint density at radius 2 is 1.78 bits per heavy atom. The Balaban J connectivity index is 1.47. The Morgan fingerprint density at radius 1 is 0.944 bits per heavy atom. The third kappa shape index (κ3) is 3.10. The number of aromatic nitrogens is 4. The van der Waals surface area contributed by atoms with Crippen LogP contribution in [0.5, 0.6) is 23.1 Å². The van der Waals surface area contributed by atoms with E-state index < -0.39 is 0 Å². The van der Waals surface area contributed by atoms with Crippen molar-refractivity contribution in [2.75, 3.05) is 7.11 Å². The number of benzene rings is 4. The van der Waals surface area contributed by atoms with E-state index >= 15 is 0 Å². The van der Waals surface area contributed by atoms with Crippen molar-refractivity contribution >= 4 is 16.4 Å². The Bertz CT molecular complexity index is 1770. The van der Waals surface area contributed by atoms with E-state index in [4.69, 9.17) is 19.6 Å². The van der Waals surface area contributed by atoms with Crippen molar-refractivity contribution in [3.63, 3.8) is 0 Å². The van der Waals surface area contributed by atoms with E-state index in [1.54, 1.807) is 30.1 Å². The van der Waals surface area contributed by atoms with Gasteiger partial charge in [-0.3, -0.25) is 0 Å². The summed E-state index contributed by atoms with van der Waals surface area (Å²) in [6.45, 7) is 0. The Kier molecular flexibility index (Phi) is 4.44. The lowest BCUT2D eigenvalue weighted by atomic mass is 9.84. The molecule has 1 atom stereocenters. The average Bonchev–Trinajstić information content (AvgIpc) is 3.36. The minimum atomic E-state index is -0.226. The number of phenols is 1. The maximum Gasteiger partial charge on any atom is 0.228 e. The number of nitrogens with zero attached hydrogens (tertiary/aromatic N) is 4. The molecule has 0 aliphatic carbocycles. The van der Waals surface area contributed by atoms with Crippen LogP contribution >= 0.6 is 0 Å². The van der Waals surface area contributed by atoms with Crippen LogP contribution < -0.4 is 9.47 Å². The average molecular weight is 473 g/mol. The minimum Gasteiger partial charge on any atom is -0.508 e. The molecule has 0 spiro atoms. The van der Waals surface area contributed by atoms with Crippen molar-refractivity contribution in [1.82, 2.24) is 19.6 Å². The van der Waals surface area contributed by atoms with E-state index in [1.807, 2.05) is 54.6 Å². The molecule has 7 nitrogen and oxygen atoms in total. The molecule has 2 aromatic heterocycles. The topological polar surface area (TPSA) is 81.8 Å². The number of hydrogen-bond donors (Lipinski definition) is 1. The second kappa shape index (κ2) is 7.81. The second-order valence-corrected chi connectivity index (χ2v) is 8.72. The zero-order valence-corrected chi connectivity index (χ0v) is 19.3. The molecule has 0 radical (unpaired) electrons. The number of phenolic OH excluding ortho intramolecular Hbond substituents is 1. The minimum absolute atomic E-state index is 0.132. The maximum atomic E-state index is 10.1. The van der Waals surface area contributed by atoms with Crippen molar-refractivity contribution < 1.29 is 14.6 Å². The number of fused-ring (bicyclic) bond motifs is 5. The molecule has 1 aliphatic rings. The van der Waals surface area contributed by atoms with Gasteiger partial charge in [0.1, 0.15) is 23.6 Å². The van der Waals surface area contributed by atoms with Gasteiger partial charge in [-0.15, -0.1) is 5.10 Å². The van der Waals surface area contributed by atoms with Crippen molar-refractivity contribution in [3.8, 4) is 34.5 Å². The van der Waals surface area contributed by atoms with E-state index in [0.717, 1.165) is 38.8 Å². The number of hydrogen-bond acceptors (Lipinski definition) is 6. The summed E-state index contributed by atoms with van der Waals surface area (Å²) in [5.41, 5.74) is 4.38. The molecule has 0 unspecified atom stereocenters. The van der Waals surface area contributed by atoms with Crippen LogP contribution in [0.2, 0.25) is 0 Å². The summed E-state index contributed by atoms with van der Waals surface area (Å²) < 4.78 is 13.3. The van der Waals surface area contributed by atoms with Gasteiger partial charge in [0.2, 0.25) is 5.88 Å². The van der Waals surface area contributed by atoms with Crippen LogP contribution in [0.15, 0.2) is 91.3 Å². The van der Waals surface area contributed by atoms with E-state index in [9.17, 15) is 5.11 Å². The third-order valence-electron chi connectivity index (χ3n) is 6.67. The van der Waals surface area contributed by atoms with Crippen LogP contribution in [0.25, 0.3) is 27.8 Å². The molecule has 0 fully saturated rings. The Morgan fingerprint density at radius 3 is 2.64 bits per heavy atom. The molecule has 0 saturated carbocycles. The highest BCUT2D eigenvalue weighted by molar-refractivity contribution is 5.95. The summed E-state index contributed by atoms with van der Waals surface area (Å²) >= 11 is 0. The van der Waals surface area contributed by atoms with Gasteiger partial charge in [0, 0.05) is 23.1 Å². The SMILES string of the molecule is COc1ccc([C@@H]2c3ccc(O)cc3Oc3ncn4nc(-c5cccc6ccccc56)nc4c32)cc1. The van der Waals surface area contributed by atoms with Gasteiger partial charge in [-0.25, -0.2) is 14.5 Å². The van der Waals surface area contributed by atoms with Gasteiger partial charge in [0.25, 0.3) is 0 Å². The molecule has 1 N–H and O–H groups in total. The molecule has 6 aromatic rings. The predicted octanol–water partition coefficient (Wildman–Crippen LogP) is 5.94. The van der Waals surface area contributed by atoms with Crippen LogP contribution in [0.1, 0.15) is 22.6 Å². The highest BCUT2D eigenvalue weighted by Gasteiger charge is 2.33. The number of aromatic hydroxyl groups is 1. The zero-order valence-electron chi connectivity index (χ0n) is 19.3. The normalized spacial score (nSPS) is 14.3. The van der Waals surface area contributed by atoms with Crippen LogP contribution in [-0.2, 0) is 0 Å². The van der Waals surface area contributed by atoms with E-state index in [2.05, 4.69) is 23.2 Å². The summed E-state index contributed by atoms with van der Waals surface area (Å²) in [6, 6.07) is 27.4. The Labute approximate surface area is 206 Å². The summed E-state index contributed by atoms with van der Waals surface area (Å²) in [4.78, 5) is 9.59. The molecule has 1 aliphatic heterocycles. The van der Waals surface area contributed by atoms with E-state index in [0.29, 0.717) is 23.1 Å². The highest BCUT2D eigenvalue weighted by atomic mass is 16.5. The van der Waals surface area contributed by atoms with Crippen molar-refractivity contribution in [2.45, 2.75) is 5.92 Å². The number of methoxy groups -OCH3 is 1. The lowest BCUT2D eigenvalue weighted by molar-refractivity contribution is 0.414. The molecule has 36 heavy (non-hydrogen) atoms. The second-order valence-electron chi connectivity index (χ2n) is 8.72. The maximum absolute atomic E-state index is 10.1. The predicted molar refractivity (Wildman–Crippen MR) is 136 cm³/mol.